The first-order chi connectivity index (χ1) is 9.25. The zero-order valence-electron chi connectivity index (χ0n) is 11.8. The van der Waals surface area contributed by atoms with Gasteiger partial charge in [0, 0.05) is 13.2 Å². The minimum absolute atomic E-state index is 0.0847. The summed E-state index contributed by atoms with van der Waals surface area (Å²) in [5.74, 6) is 0.832. The first-order valence-electron chi connectivity index (χ1n) is 7.77. The molecule has 0 bridgehead atoms. The lowest BCUT2D eigenvalue weighted by molar-refractivity contribution is -0.143. The van der Waals surface area contributed by atoms with Crippen LogP contribution >= 0.6 is 0 Å². The SMILES string of the molecule is O=C(O)C1CCC(CNCCC2CCOCC2)CC1. The van der Waals surface area contributed by atoms with Crippen LogP contribution in [-0.2, 0) is 9.53 Å². The molecule has 0 aromatic carbocycles. The molecule has 110 valence electrons. The highest BCUT2D eigenvalue weighted by atomic mass is 16.5. The Morgan fingerprint density at radius 3 is 2.37 bits per heavy atom. The molecule has 2 N–H and O–H groups in total. The van der Waals surface area contributed by atoms with Gasteiger partial charge in [0.05, 0.1) is 5.92 Å². The van der Waals surface area contributed by atoms with Gasteiger partial charge in [-0.3, -0.25) is 4.79 Å². The fourth-order valence-electron chi connectivity index (χ4n) is 3.26. The van der Waals surface area contributed by atoms with Gasteiger partial charge in [0.1, 0.15) is 0 Å². The maximum atomic E-state index is 10.9. The van der Waals surface area contributed by atoms with Crippen molar-refractivity contribution >= 4 is 5.97 Å². The van der Waals surface area contributed by atoms with E-state index >= 15 is 0 Å². The standard InChI is InChI=1S/C15H27NO3/c17-15(18)14-3-1-13(2-4-14)11-16-8-5-12-6-9-19-10-7-12/h12-14,16H,1-11H2,(H,17,18). The van der Waals surface area contributed by atoms with Gasteiger partial charge in [0.2, 0.25) is 0 Å². The summed E-state index contributed by atoms with van der Waals surface area (Å²) in [6.07, 6.45) is 7.55. The number of rotatable bonds is 6. The molecule has 0 atom stereocenters. The van der Waals surface area contributed by atoms with Crippen molar-refractivity contribution in [2.24, 2.45) is 17.8 Å². The van der Waals surface area contributed by atoms with Crippen molar-refractivity contribution < 1.29 is 14.6 Å². The summed E-state index contributed by atoms with van der Waals surface area (Å²) in [7, 11) is 0. The Morgan fingerprint density at radius 1 is 1.05 bits per heavy atom. The molecule has 1 heterocycles. The average molecular weight is 269 g/mol. The lowest BCUT2D eigenvalue weighted by atomic mass is 9.82. The third-order valence-electron chi connectivity index (χ3n) is 4.70. The van der Waals surface area contributed by atoms with E-state index in [2.05, 4.69) is 5.32 Å². The van der Waals surface area contributed by atoms with Crippen molar-refractivity contribution in [3.8, 4) is 0 Å². The van der Waals surface area contributed by atoms with Crippen LogP contribution in [-0.4, -0.2) is 37.4 Å². The Hall–Kier alpha value is -0.610. The Labute approximate surface area is 115 Å². The van der Waals surface area contributed by atoms with Crippen LogP contribution in [0.2, 0.25) is 0 Å². The van der Waals surface area contributed by atoms with E-state index in [1.165, 1.54) is 19.3 Å². The average Bonchev–Trinajstić information content (AvgIpc) is 2.45. The normalized spacial score (nSPS) is 29.3. The van der Waals surface area contributed by atoms with Crippen molar-refractivity contribution in [3.63, 3.8) is 0 Å². The van der Waals surface area contributed by atoms with Crippen molar-refractivity contribution in [1.29, 1.82) is 0 Å². The van der Waals surface area contributed by atoms with E-state index in [1.807, 2.05) is 0 Å². The van der Waals surface area contributed by atoms with Crippen LogP contribution in [0.3, 0.4) is 0 Å². The predicted molar refractivity (Wildman–Crippen MR) is 74.1 cm³/mol. The van der Waals surface area contributed by atoms with Crippen LogP contribution < -0.4 is 5.32 Å². The van der Waals surface area contributed by atoms with E-state index in [1.54, 1.807) is 0 Å². The quantitative estimate of drug-likeness (QED) is 0.726. The van der Waals surface area contributed by atoms with Gasteiger partial charge in [-0.05, 0) is 69.9 Å². The first-order valence-corrected chi connectivity index (χ1v) is 7.77. The minimum Gasteiger partial charge on any atom is -0.481 e. The highest BCUT2D eigenvalue weighted by molar-refractivity contribution is 5.69. The molecular weight excluding hydrogens is 242 g/mol. The number of hydrogen-bond acceptors (Lipinski definition) is 3. The number of hydrogen-bond donors (Lipinski definition) is 2. The van der Waals surface area contributed by atoms with Crippen LogP contribution in [0.4, 0.5) is 0 Å². The third kappa shape index (κ3) is 5.11. The Morgan fingerprint density at radius 2 is 1.74 bits per heavy atom. The largest absolute Gasteiger partial charge is 0.481 e. The highest BCUT2D eigenvalue weighted by Gasteiger charge is 2.25. The van der Waals surface area contributed by atoms with Gasteiger partial charge < -0.3 is 15.2 Å². The molecule has 1 saturated carbocycles. The molecule has 0 amide bonds. The number of carboxylic acid groups (broad SMARTS) is 1. The number of carbonyl (C=O) groups is 1. The molecule has 0 aromatic rings. The van der Waals surface area contributed by atoms with E-state index in [9.17, 15) is 4.79 Å². The molecule has 0 unspecified atom stereocenters. The molecule has 1 aliphatic heterocycles. The van der Waals surface area contributed by atoms with Gasteiger partial charge in [-0.1, -0.05) is 0 Å². The Bertz CT molecular complexity index is 269. The molecule has 4 nitrogen and oxygen atoms in total. The second-order valence-corrected chi connectivity index (χ2v) is 6.10. The number of nitrogens with one attached hydrogen (secondary N) is 1. The van der Waals surface area contributed by atoms with E-state index in [-0.39, 0.29) is 5.92 Å². The summed E-state index contributed by atoms with van der Waals surface area (Å²) < 4.78 is 5.36. The lowest BCUT2D eigenvalue weighted by Crippen LogP contribution is -2.30. The van der Waals surface area contributed by atoms with Gasteiger partial charge in [0.15, 0.2) is 0 Å². The Balaban J connectivity index is 1.51. The van der Waals surface area contributed by atoms with E-state index in [0.717, 1.165) is 57.9 Å². The summed E-state index contributed by atoms with van der Waals surface area (Å²) in [5, 5.41) is 12.5. The van der Waals surface area contributed by atoms with Crippen LogP contribution in [0.25, 0.3) is 0 Å². The topological polar surface area (TPSA) is 58.6 Å². The van der Waals surface area contributed by atoms with Crippen LogP contribution in [0.5, 0.6) is 0 Å². The lowest BCUT2D eigenvalue weighted by Gasteiger charge is -2.27. The maximum Gasteiger partial charge on any atom is 0.306 e. The van der Waals surface area contributed by atoms with Crippen LogP contribution in [0, 0.1) is 17.8 Å². The maximum absolute atomic E-state index is 10.9. The van der Waals surface area contributed by atoms with Gasteiger partial charge in [-0.2, -0.15) is 0 Å². The molecule has 0 radical (unpaired) electrons. The summed E-state index contributed by atoms with van der Waals surface area (Å²) in [6, 6.07) is 0. The molecule has 1 saturated heterocycles. The van der Waals surface area contributed by atoms with Crippen molar-refractivity contribution in [3.05, 3.63) is 0 Å². The number of aliphatic carboxylic acids is 1. The second-order valence-electron chi connectivity index (χ2n) is 6.10. The van der Waals surface area contributed by atoms with E-state index < -0.39 is 5.97 Å². The van der Waals surface area contributed by atoms with Crippen molar-refractivity contribution in [1.82, 2.24) is 5.32 Å². The first kappa shape index (κ1) is 14.8. The van der Waals surface area contributed by atoms with E-state index in [0.29, 0.717) is 5.92 Å². The third-order valence-corrected chi connectivity index (χ3v) is 4.70. The monoisotopic (exact) mass is 269 g/mol. The van der Waals surface area contributed by atoms with Crippen molar-refractivity contribution in [2.75, 3.05) is 26.3 Å². The molecule has 0 spiro atoms. The molecular formula is C15H27NO3. The van der Waals surface area contributed by atoms with E-state index in [4.69, 9.17) is 9.84 Å². The fraction of sp³-hybridized carbons (Fsp3) is 0.933. The molecule has 4 heteroatoms. The highest BCUT2D eigenvalue weighted by Crippen LogP contribution is 2.28. The van der Waals surface area contributed by atoms with Gasteiger partial charge in [0.25, 0.3) is 0 Å². The summed E-state index contributed by atoms with van der Waals surface area (Å²) in [6.45, 7) is 4.03. The Kier molecular flexibility index (Phi) is 6.11. The molecule has 0 aromatic heterocycles. The fourth-order valence-corrected chi connectivity index (χ4v) is 3.26. The smallest absolute Gasteiger partial charge is 0.306 e. The van der Waals surface area contributed by atoms with Crippen molar-refractivity contribution in [2.45, 2.75) is 44.9 Å². The zero-order valence-corrected chi connectivity index (χ0v) is 11.8. The second kappa shape index (κ2) is 7.85. The number of carboxylic acids is 1. The summed E-state index contributed by atoms with van der Waals surface area (Å²) in [5.41, 5.74) is 0. The zero-order chi connectivity index (χ0) is 13.5. The molecule has 1 aliphatic carbocycles. The number of ether oxygens (including phenoxy) is 1. The summed E-state index contributed by atoms with van der Waals surface area (Å²) in [4.78, 5) is 10.9. The molecule has 2 rings (SSSR count). The summed E-state index contributed by atoms with van der Waals surface area (Å²) >= 11 is 0. The van der Waals surface area contributed by atoms with Gasteiger partial charge in [-0.15, -0.1) is 0 Å². The van der Waals surface area contributed by atoms with Gasteiger partial charge >= 0.3 is 5.97 Å². The van der Waals surface area contributed by atoms with Crippen LogP contribution in [0.15, 0.2) is 0 Å². The molecule has 2 fully saturated rings. The molecule has 2 aliphatic rings. The minimum atomic E-state index is -0.606. The van der Waals surface area contributed by atoms with Gasteiger partial charge in [-0.25, -0.2) is 0 Å². The predicted octanol–water partition coefficient (Wildman–Crippen LogP) is 2.28. The molecule has 19 heavy (non-hydrogen) atoms. The van der Waals surface area contributed by atoms with Crippen LogP contribution in [0.1, 0.15) is 44.9 Å².